The molecule has 1 aromatic heterocycles. The lowest BCUT2D eigenvalue weighted by Crippen LogP contribution is -2.38. The van der Waals surface area contributed by atoms with E-state index in [9.17, 15) is 9.59 Å². The Hall–Kier alpha value is -2.90. The molecule has 8 heteroatoms. The van der Waals surface area contributed by atoms with Crippen LogP contribution in [0.1, 0.15) is 21.6 Å². The third-order valence-corrected chi connectivity index (χ3v) is 3.92. The number of nitrogens with two attached hydrogens (primary N) is 1. The van der Waals surface area contributed by atoms with E-state index in [-0.39, 0.29) is 24.0 Å². The number of esters is 1. The van der Waals surface area contributed by atoms with Crippen molar-refractivity contribution in [3.05, 3.63) is 41.1 Å². The van der Waals surface area contributed by atoms with Crippen LogP contribution in [0.4, 0.5) is 5.82 Å². The largest absolute Gasteiger partial charge is 0.464 e. The zero-order valence-corrected chi connectivity index (χ0v) is 12.7. The first-order valence-electron chi connectivity index (χ1n) is 7.22. The molecule has 1 aromatic carbocycles. The molecule has 0 atom stereocenters. The number of aromatic nitrogens is 3. The van der Waals surface area contributed by atoms with Crippen LogP contribution in [0.5, 0.6) is 0 Å². The molecule has 2 aromatic rings. The van der Waals surface area contributed by atoms with Gasteiger partial charge in [0.1, 0.15) is 6.54 Å². The zero-order valence-electron chi connectivity index (χ0n) is 12.7. The molecule has 23 heavy (non-hydrogen) atoms. The molecule has 0 saturated carbocycles. The van der Waals surface area contributed by atoms with Crippen LogP contribution in [0.15, 0.2) is 24.3 Å². The second-order valence-electron chi connectivity index (χ2n) is 5.31. The van der Waals surface area contributed by atoms with E-state index in [4.69, 9.17) is 5.73 Å². The maximum atomic E-state index is 12.4. The molecular weight excluding hydrogens is 298 g/mol. The average molecular weight is 315 g/mol. The number of ether oxygens (including phenoxy) is 1. The van der Waals surface area contributed by atoms with E-state index < -0.39 is 5.97 Å². The first-order valence-corrected chi connectivity index (χ1v) is 7.22. The van der Waals surface area contributed by atoms with E-state index in [0.29, 0.717) is 13.1 Å². The summed E-state index contributed by atoms with van der Waals surface area (Å²) in [6.07, 6.45) is 0.822. The number of benzene rings is 1. The molecule has 3 rings (SSSR count). The highest BCUT2D eigenvalue weighted by atomic mass is 16.5. The van der Waals surface area contributed by atoms with E-state index in [1.165, 1.54) is 17.4 Å². The van der Waals surface area contributed by atoms with Crippen LogP contribution in [-0.2, 0) is 29.0 Å². The maximum Gasteiger partial charge on any atom is 0.362 e. The van der Waals surface area contributed by atoms with Gasteiger partial charge >= 0.3 is 5.97 Å². The molecule has 0 bridgehead atoms. The summed E-state index contributed by atoms with van der Waals surface area (Å²) in [6.45, 7) is 1.15. The lowest BCUT2D eigenvalue weighted by atomic mass is 10.00. The molecule has 1 aliphatic rings. The van der Waals surface area contributed by atoms with Gasteiger partial charge in [-0.2, -0.15) is 0 Å². The van der Waals surface area contributed by atoms with Crippen molar-refractivity contribution in [3.8, 4) is 0 Å². The Balaban J connectivity index is 1.71. The van der Waals surface area contributed by atoms with Gasteiger partial charge in [0.25, 0.3) is 0 Å². The number of fused-ring (bicyclic) bond motifs is 1. The SMILES string of the molecule is COC(=O)c1nnn(CC(=O)N2CCc3ccccc3C2)c1N. The third-order valence-electron chi connectivity index (χ3n) is 3.92. The molecular formula is C15H17N5O3. The Labute approximate surface area is 132 Å². The van der Waals surface area contributed by atoms with Crippen LogP contribution in [-0.4, -0.2) is 45.4 Å². The van der Waals surface area contributed by atoms with Gasteiger partial charge in [-0.15, -0.1) is 5.10 Å². The number of hydrogen-bond donors (Lipinski definition) is 1. The first-order chi connectivity index (χ1) is 11.1. The number of rotatable bonds is 3. The van der Waals surface area contributed by atoms with E-state index in [0.717, 1.165) is 12.0 Å². The summed E-state index contributed by atoms with van der Waals surface area (Å²) in [5.41, 5.74) is 8.14. The van der Waals surface area contributed by atoms with Gasteiger partial charge in [0.05, 0.1) is 7.11 Å². The summed E-state index contributed by atoms with van der Waals surface area (Å²) in [5, 5.41) is 7.42. The Morgan fingerprint density at radius 1 is 1.30 bits per heavy atom. The van der Waals surface area contributed by atoms with Crippen LogP contribution in [0, 0.1) is 0 Å². The zero-order chi connectivity index (χ0) is 16.4. The molecule has 1 amide bonds. The Bertz CT molecular complexity index is 755. The summed E-state index contributed by atoms with van der Waals surface area (Å²) in [5.74, 6) is -0.761. The van der Waals surface area contributed by atoms with Crippen LogP contribution >= 0.6 is 0 Å². The molecule has 0 saturated heterocycles. The fourth-order valence-corrected chi connectivity index (χ4v) is 2.62. The highest BCUT2D eigenvalue weighted by molar-refractivity contribution is 5.92. The Kier molecular flexibility index (Phi) is 3.96. The fraction of sp³-hybridized carbons (Fsp3) is 0.333. The Morgan fingerprint density at radius 3 is 2.78 bits per heavy atom. The van der Waals surface area contributed by atoms with Crippen LogP contribution in [0.25, 0.3) is 0 Å². The Morgan fingerprint density at radius 2 is 2.04 bits per heavy atom. The molecule has 1 aliphatic heterocycles. The maximum absolute atomic E-state index is 12.4. The van der Waals surface area contributed by atoms with E-state index in [2.05, 4.69) is 21.1 Å². The summed E-state index contributed by atoms with van der Waals surface area (Å²) in [4.78, 5) is 25.7. The highest BCUT2D eigenvalue weighted by Crippen LogP contribution is 2.19. The predicted molar refractivity (Wildman–Crippen MR) is 81.3 cm³/mol. The normalized spacial score (nSPS) is 13.5. The van der Waals surface area contributed by atoms with Gasteiger partial charge in [-0.3, -0.25) is 4.79 Å². The minimum atomic E-state index is -0.673. The van der Waals surface area contributed by atoms with Gasteiger partial charge in [-0.05, 0) is 17.5 Å². The van der Waals surface area contributed by atoms with Crippen molar-refractivity contribution >= 4 is 17.7 Å². The molecule has 0 spiro atoms. The van der Waals surface area contributed by atoms with Gasteiger partial charge in [0.2, 0.25) is 11.6 Å². The average Bonchev–Trinajstić information content (AvgIpc) is 2.94. The van der Waals surface area contributed by atoms with Crippen molar-refractivity contribution in [2.24, 2.45) is 0 Å². The van der Waals surface area contributed by atoms with E-state index in [1.807, 2.05) is 18.2 Å². The number of nitrogens with zero attached hydrogens (tertiary/aromatic N) is 4. The molecule has 2 N–H and O–H groups in total. The third kappa shape index (κ3) is 2.87. The minimum absolute atomic E-state index is 0.0302. The number of anilines is 1. The van der Waals surface area contributed by atoms with Crippen molar-refractivity contribution in [3.63, 3.8) is 0 Å². The van der Waals surface area contributed by atoms with Crippen LogP contribution < -0.4 is 5.73 Å². The fourth-order valence-electron chi connectivity index (χ4n) is 2.62. The molecule has 120 valence electrons. The minimum Gasteiger partial charge on any atom is -0.464 e. The topological polar surface area (TPSA) is 103 Å². The molecule has 8 nitrogen and oxygen atoms in total. The predicted octanol–water partition coefficient (Wildman–Crippen LogP) is 0.232. The summed E-state index contributed by atoms with van der Waals surface area (Å²) < 4.78 is 5.78. The second-order valence-corrected chi connectivity index (χ2v) is 5.31. The number of carbonyl (C=O) groups excluding carboxylic acids is 2. The number of hydrogen-bond acceptors (Lipinski definition) is 6. The van der Waals surface area contributed by atoms with E-state index in [1.54, 1.807) is 4.90 Å². The number of nitrogen functional groups attached to an aromatic ring is 1. The number of carbonyl (C=O) groups is 2. The lowest BCUT2D eigenvalue weighted by molar-refractivity contribution is -0.132. The number of amides is 1. The van der Waals surface area contributed by atoms with Crippen molar-refractivity contribution < 1.29 is 14.3 Å². The molecule has 0 unspecified atom stereocenters. The molecule has 0 radical (unpaired) electrons. The van der Waals surface area contributed by atoms with Gasteiger partial charge in [-0.25, -0.2) is 9.48 Å². The van der Waals surface area contributed by atoms with Gasteiger partial charge < -0.3 is 15.4 Å². The smallest absolute Gasteiger partial charge is 0.362 e. The number of methoxy groups -OCH3 is 1. The van der Waals surface area contributed by atoms with Crippen molar-refractivity contribution in [2.45, 2.75) is 19.5 Å². The van der Waals surface area contributed by atoms with Crippen molar-refractivity contribution in [1.29, 1.82) is 0 Å². The lowest BCUT2D eigenvalue weighted by Gasteiger charge is -2.28. The summed E-state index contributed by atoms with van der Waals surface area (Å²) >= 11 is 0. The molecule has 0 aliphatic carbocycles. The highest BCUT2D eigenvalue weighted by Gasteiger charge is 2.23. The quantitative estimate of drug-likeness (QED) is 0.813. The van der Waals surface area contributed by atoms with Crippen LogP contribution in [0.2, 0.25) is 0 Å². The van der Waals surface area contributed by atoms with E-state index >= 15 is 0 Å². The van der Waals surface area contributed by atoms with Gasteiger partial charge in [0.15, 0.2) is 5.82 Å². The van der Waals surface area contributed by atoms with Gasteiger partial charge in [-0.1, -0.05) is 29.5 Å². The standard InChI is InChI=1S/C15H17N5O3/c1-23-15(22)13-14(16)20(18-17-13)9-12(21)19-7-6-10-4-2-3-5-11(10)8-19/h2-5H,6-9,16H2,1H3. The van der Waals surface area contributed by atoms with Crippen molar-refractivity contribution in [1.82, 2.24) is 19.9 Å². The summed E-state index contributed by atoms with van der Waals surface area (Å²) in [7, 11) is 1.23. The first kappa shape index (κ1) is 15.0. The summed E-state index contributed by atoms with van der Waals surface area (Å²) in [6, 6.07) is 8.06. The van der Waals surface area contributed by atoms with Crippen molar-refractivity contribution in [2.75, 3.05) is 19.4 Å². The second kappa shape index (κ2) is 6.07. The molecule has 2 heterocycles. The molecule has 0 fully saturated rings. The van der Waals surface area contributed by atoms with Gasteiger partial charge in [0, 0.05) is 13.1 Å². The monoisotopic (exact) mass is 315 g/mol. The van der Waals surface area contributed by atoms with Crippen LogP contribution in [0.3, 0.4) is 0 Å².